The Morgan fingerprint density at radius 2 is 1.70 bits per heavy atom. The van der Waals surface area contributed by atoms with Crippen LogP contribution in [-0.2, 0) is 9.53 Å². The molecule has 9 heteroatoms. The van der Waals surface area contributed by atoms with Crippen molar-refractivity contribution in [1.82, 2.24) is 5.32 Å². The maximum atomic E-state index is 12.2. The first-order chi connectivity index (χ1) is 16.0. The Kier molecular flexibility index (Phi) is 7.67. The number of nitrogens with one attached hydrogen (secondary N) is 2. The van der Waals surface area contributed by atoms with Gasteiger partial charge in [0.1, 0.15) is 11.5 Å². The Labute approximate surface area is 207 Å². The number of nitrogens with zero attached hydrogens (tertiary/aromatic N) is 1. The van der Waals surface area contributed by atoms with Crippen molar-refractivity contribution in [2.24, 2.45) is 0 Å². The molecule has 0 bridgehead atoms. The zero-order chi connectivity index (χ0) is 23.2. The van der Waals surface area contributed by atoms with E-state index in [0.717, 1.165) is 43.2 Å². The molecule has 2 heterocycles. The normalized spacial score (nSPS) is 13.8. The molecule has 1 aliphatic heterocycles. The van der Waals surface area contributed by atoms with Crippen LogP contribution in [0.2, 0.25) is 10.0 Å². The maximum Gasteiger partial charge on any atom is 0.250 e. The van der Waals surface area contributed by atoms with Crippen LogP contribution in [0.25, 0.3) is 17.4 Å². The minimum absolute atomic E-state index is 0.206. The Morgan fingerprint density at radius 3 is 2.39 bits per heavy atom. The quantitative estimate of drug-likeness (QED) is 0.349. The average Bonchev–Trinajstić information content (AvgIpc) is 3.27. The molecule has 1 saturated heterocycles. The van der Waals surface area contributed by atoms with Crippen LogP contribution in [0.4, 0.5) is 11.4 Å². The van der Waals surface area contributed by atoms with Crippen LogP contribution in [0.15, 0.2) is 65.1 Å². The third-order valence-electron chi connectivity index (χ3n) is 4.91. The van der Waals surface area contributed by atoms with Crippen LogP contribution in [0.1, 0.15) is 5.76 Å². The van der Waals surface area contributed by atoms with Gasteiger partial charge in [-0.05, 0) is 72.9 Å². The van der Waals surface area contributed by atoms with Crippen molar-refractivity contribution in [3.05, 3.63) is 76.5 Å². The standard InChI is InChI=1S/C24H21Cl2N3O3S/c25-17-13-16(14-18(26)15-17)22-7-5-21(32-22)6-8-23(30)28-24(33)27-19-1-3-20(4-2-19)29-9-11-31-12-10-29/h1-8,13-15H,9-12H2,(H2,27,28,30,33)/b8-6+. The van der Waals surface area contributed by atoms with Gasteiger partial charge in [-0.25, -0.2) is 0 Å². The van der Waals surface area contributed by atoms with Crippen molar-refractivity contribution >= 4 is 63.9 Å². The van der Waals surface area contributed by atoms with E-state index >= 15 is 0 Å². The molecular weight excluding hydrogens is 481 g/mol. The van der Waals surface area contributed by atoms with Gasteiger partial charge in [-0.15, -0.1) is 0 Å². The third-order valence-corrected chi connectivity index (χ3v) is 5.55. The number of thiocarbonyl (C=S) groups is 1. The van der Waals surface area contributed by atoms with Crippen molar-refractivity contribution in [3.8, 4) is 11.3 Å². The summed E-state index contributed by atoms with van der Waals surface area (Å²) in [5.41, 5.74) is 2.67. The van der Waals surface area contributed by atoms with Crippen molar-refractivity contribution in [3.63, 3.8) is 0 Å². The number of carbonyl (C=O) groups is 1. The molecule has 0 aliphatic carbocycles. The molecule has 1 aliphatic rings. The summed E-state index contributed by atoms with van der Waals surface area (Å²) in [5, 5.41) is 6.87. The lowest BCUT2D eigenvalue weighted by Crippen LogP contribution is -2.36. The topological polar surface area (TPSA) is 66.7 Å². The van der Waals surface area contributed by atoms with E-state index in [2.05, 4.69) is 15.5 Å². The van der Waals surface area contributed by atoms with E-state index in [9.17, 15) is 4.79 Å². The number of anilines is 2. The number of rotatable bonds is 5. The van der Waals surface area contributed by atoms with Gasteiger partial charge in [0, 0.05) is 46.1 Å². The molecule has 6 nitrogen and oxygen atoms in total. The van der Waals surface area contributed by atoms with Crippen LogP contribution in [-0.4, -0.2) is 37.3 Å². The van der Waals surface area contributed by atoms with E-state index in [1.54, 1.807) is 36.4 Å². The van der Waals surface area contributed by atoms with Gasteiger partial charge in [-0.3, -0.25) is 10.1 Å². The molecule has 4 rings (SSSR count). The van der Waals surface area contributed by atoms with Crippen LogP contribution in [0, 0.1) is 0 Å². The van der Waals surface area contributed by atoms with E-state index in [0.29, 0.717) is 21.6 Å². The smallest absolute Gasteiger partial charge is 0.250 e. The molecule has 0 unspecified atom stereocenters. The summed E-state index contributed by atoms with van der Waals surface area (Å²) in [6, 6.07) is 16.6. The monoisotopic (exact) mass is 501 g/mol. The van der Waals surface area contributed by atoms with Gasteiger partial charge in [-0.2, -0.15) is 0 Å². The van der Waals surface area contributed by atoms with Crippen LogP contribution >= 0.6 is 35.4 Å². The second-order valence-corrected chi connectivity index (χ2v) is 8.56. The van der Waals surface area contributed by atoms with Gasteiger partial charge in [0.2, 0.25) is 5.91 Å². The predicted molar refractivity (Wildman–Crippen MR) is 137 cm³/mol. The largest absolute Gasteiger partial charge is 0.457 e. The number of hydrogen-bond acceptors (Lipinski definition) is 5. The van der Waals surface area contributed by atoms with Crippen molar-refractivity contribution in [2.45, 2.75) is 0 Å². The Balaban J connectivity index is 1.29. The van der Waals surface area contributed by atoms with E-state index in [-0.39, 0.29) is 11.0 Å². The zero-order valence-electron chi connectivity index (χ0n) is 17.5. The molecule has 0 atom stereocenters. The number of benzene rings is 2. The number of ether oxygens (including phenoxy) is 1. The molecule has 1 fully saturated rings. The lowest BCUT2D eigenvalue weighted by Gasteiger charge is -2.28. The van der Waals surface area contributed by atoms with Gasteiger partial charge >= 0.3 is 0 Å². The molecule has 2 N–H and O–H groups in total. The van der Waals surface area contributed by atoms with Crippen LogP contribution in [0.3, 0.4) is 0 Å². The predicted octanol–water partition coefficient (Wildman–Crippen LogP) is 5.62. The summed E-state index contributed by atoms with van der Waals surface area (Å²) in [6.45, 7) is 3.21. The van der Waals surface area contributed by atoms with Crippen molar-refractivity contribution in [2.75, 3.05) is 36.5 Å². The average molecular weight is 502 g/mol. The van der Waals surface area contributed by atoms with Crippen molar-refractivity contribution in [1.29, 1.82) is 0 Å². The third kappa shape index (κ3) is 6.58. The van der Waals surface area contributed by atoms with E-state index in [1.165, 1.54) is 6.08 Å². The van der Waals surface area contributed by atoms with Gasteiger partial charge in [0.15, 0.2) is 5.11 Å². The molecule has 170 valence electrons. The summed E-state index contributed by atoms with van der Waals surface area (Å²) in [7, 11) is 0. The molecule has 2 aromatic carbocycles. The van der Waals surface area contributed by atoms with E-state index in [1.807, 2.05) is 24.3 Å². The number of furan rings is 1. The number of carbonyl (C=O) groups excluding carboxylic acids is 1. The minimum Gasteiger partial charge on any atom is -0.457 e. The number of hydrogen-bond donors (Lipinski definition) is 2. The van der Waals surface area contributed by atoms with Gasteiger partial charge in [0.05, 0.1) is 13.2 Å². The Bertz CT molecular complexity index is 1150. The number of halogens is 2. The SMILES string of the molecule is O=C(/C=C/c1ccc(-c2cc(Cl)cc(Cl)c2)o1)NC(=S)Nc1ccc(N2CCOCC2)cc1. The fourth-order valence-electron chi connectivity index (χ4n) is 3.34. The molecule has 1 amide bonds. The fourth-order valence-corrected chi connectivity index (χ4v) is 4.09. The van der Waals surface area contributed by atoms with Crippen molar-refractivity contribution < 1.29 is 13.9 Å². The first-order valence-corrected chi connectivity index (χ1v) is 11.4. The van der Waals surface area contributed by atoms with E-state index in [4.69, 9.17) is 44.6 Å². The molecule has 0 radical (unpaired) electrons. The summed E-state index contributed by atoms with van der Waals surface area (Å²) in [6.07, 6.45) is 2.91. The van der Waals surface area contributed by atoms with Gasteiger partial charge < -0.3 is 19.4 Å². The van der Waals surface area contributed by atoms with E-state index < -0.39 is 0 Å². The molecule has 33 heavy (non-hydrogen) atoms. The zero-order valence-corrected chi connectivity index (χ0v) is 19.8. The highest BCUT2D eigenvalue weighted by Crippen LogP contribution is 2.29. The first-order valence-electron chi connectivity index (χ1n) is 10.3. The lowest BCUT2D eigenvalue weighted by atomic mass is 10.2. The second-order valence-electron chi connectivity index (χ2n) is 7.28. The van der Waals surface area contributed by atoms with Crippen LogP contribution < -0.4 is 15.5 Å². The maximum absolute atomic E-state index is 12.2. The highest BCUT2D eigenvalue weighted by atomic mass is 35.5. The lowest BCUT2D eigenvalue weighted by molar-refractivity contribution is -0.115. The molecule has 1 aromatic heterocycles. The Hall–Kier alpha value is -2.84. The first kappa shape index (κ1) is 23.3. The van der Waals surface area contributed by atoms with Gasteiger partial charge in [-0.1, -0.05) is 23.2 Å². The summed E-state index contributed by atoms with van der Waals surface area (Å²) < 4.78 is 11.1. The number of morpholine rings is 1. The highest BCUT2D eigenvalue weighted by molar-refractivity contribution is 7.80. The van der Waals surface area contributed by atoms with Gasteiger partial charge in [0.25, 0.3) is 0 Å². The summed E-state index contributed by atoms with van der Waals surface area (Å²) >= 11 is 17.3. The summed E-state index contributed by atoms with van der Waals surface area (Å²) in [5.74, 6) is 0.729. The molecular formula is C24H21Cl2N3O3S. The fraction of sp³-hybridized carbons (Fsp3) is 0.167. The minimum atomic E-state index is -0.374. The Morgan fingerprint density at radius 1 is 1.00 bits per heavy atom. The van der Waals surface area contributed by atoms with Crippen LogP contribution in [0.5, 0.6) is 0 Å². The second kappa shape index (κ2) is 10.9. The molecule has 0 spiro atoms. The molecule has 0 saturated carbocycles. The number of amides is 1. The summed E-state index contributed by atoms with van der Waals surface area (Å²) in [4.78, 5) is 14.5. The highest BCUT2D eigenvalue weighted by Gasteiger charge is 2.11. The molecule has 3 aromatic rings.